The number of hydrogen-bond acceptors (Lipinski definition) is 6. The van der Waals surface area contributed by atoms with Crippen molar-refractivity contribution in [3.05, 3.63) is 93.0 Å². The van der Waals surface area contributed by atoms with E-state index in [1.165, 1.54) is 19.3 Å². The molecule has 0 heterocycles. The number of carbonyl (C=O) groups excluding carboxylic acids is 2. The lowest BCUT2D eigenvalue weighted by Gasteiger charge is -2.15. The van der Waals surface area contributed by atoms with Crippen molar-refractivity contribution in [3.8, 4) is 17.6 Å². The van der Waals surface area contributed by atoms with E-state index in [9.17, 15) is 14.9 Å². The van der Waals surface area contributed by atoms with Crippen LogP contribution in [0.15, 0.2) is 70.7 Å². The van der Waals surface area contributed by atoms with Crippen LogP contribution in [0.3, 0.4) is 0 Å². The van der Waals surface area contributed by atoms with E-state index in [1.807, 2.05) is 44.2 Å². The lowest BCUT2D eigenvalue weighted by molar-refractivity contribution is -0.112. The van der Waals surface area contributed by atoms with Crippen molar-refractivity contribution < 1.29 is 23.8 Å². The van der Waals surface area contributed by atoms with Gasteiger partial charge >= 0.3 is 5.97 Å². The maximum Gasteiger partial charge on any atom is 0.339 e. The van der Waals surface area contributed by atoms with E-state index in [1.54, 1.807) is 30.3 Å². The maximum absolute atomic E-state index is 12.8. The largest absolute Gasteiger partial charge is 0.490 e. The summed E-state index contributed by atoms with van der Waals surface area (Å²) in [7, 11) is 1.25. The van der Waals surface area contributed by atoms with Gasteiger partial charge in [-0.1, -0.05) is 42.0 Å². The van der Waals surface area contributed by atoms with Gasteiger partial charge in [0.05, 0.1) is 29.4 Å². The number of carbonyl (C=O) groups is 2. The second-order valence-electron chi connectivity index (χ2n) is 7.70. The Kier molecular flexibility index (Phi) is 9.25. The zero-order chi connectivity index (χ0) is 26.1. The lowest BCUT2D eigenvalue weighted by Crippen LogP contribution is -2.16. The summed E-state index contributed by atoms with van der Waals surface area (Å²) in [5.74, 6) is -0.271. The first kappa shape index (κ1) is 26.5. The molecule has 0 saturated carbocycles. The molecule has 8 heteroatoms. The van der Waals surface area contributed by atoms with E-state index in [0.29, 0.717) is 34.7 Å². The number of aryl methyl sites for hydroxylation is 1. The third-order valence-electron chi connectivity index (χ3n) is 5.05. The fourth-order valence-electron chi connectivity index (χ4n) is 3.42. The van der Waals surface area contributed by atoms with Crippen molar-refractivity contribution in [2.75, 3.05) is 19.0 Å². The van der Waals surface area contributed by atoms with Crippen molar-refractivity contribution >= 4 is 39.6 Å². The minimum absolute atomic E-state index is 0.155. The summed E-state index contributed by atoms with van der Waals surface area (Å²) in [5, 5.41) is 12.3. The molecule has 7 nitrogen and oxygen atoms in total. The lowest BCUT2D eigenvalue weighted by atomic mass is 10.1. The predicted molar refractivity (Wildman–Crippen MR) is 141 cm³/mol. The van der Waals surface area contributed by atoms with E-state index >= 15 is 0 Å². The summed E-state index contributed by atoms with van der Waals surface area (Å²) in [6, 6.07) is 19.8. The third kappa shape index (κ3) is 6.74. The zero-order valence-electron chi connectivity index (χ0n) is 20.1. The van der Waals surface area contributed by atoms with Crippen molar-refractivity contribution in [1.29, 1.82) is 5.26 Å². The Morgan fingerprint density at radius 3 is 2.56 bits per heavy atom. The fraction of sp³-hybridized carbons (Fsp3) is 0.179. The highest BCUT2D eigenvalue weighted by atomic mass is 79.9. The van der Waals surface area contributed by atoms with Crippen LogP contribution < -0.4 is 14.8 Å². The van der Waals surface area contributed by atoms with E-state index in [0.717, 1.165) is 11.1 Å². The molecule has 36 heavy (non-hydrogen) atoms. The zero-order valence-corrected chi connectivity index (χ0v) is 21.7. The van der Waals surface area contributed by atoms with Gasteiger partial charge in [-0.25, -0.2) is 4.79 Å². The molecule has 0 aliphatic rings. The van der Waals surface area contributed by atoms with Gasteiger partial charge in [-0.2, -0.15) is 5.26 Å². The molecule has 0 aliphatic carbocycles. The summed E-state index contributed by atoms with van der Waals surface area (Å²) >= 11 is 3.52. The normalized spacial score (nSPS) is 10.8. The number of nitriles is 1. The number of ether oxygens (including phenoxy) is 3. The number of halogens is 1. The molecule has 3 aromatic carbocycles. The van der Waals surface area contributed by atoms with Crippen molar-refractivity contribution in [3.63, 3.8) is 0 Å². The molecule has 3 rings (SSSR count). The number of methoxy groups -OCH3 is 1. The number of nitrogens with zero attached hydrogens (tertiary/aromatic N) is 1. The van der Waals surface area contributed by atoms with E-state index < -0.39 is 11.9 Å². The number of hydrogen-bond donors (Lipinski definition) is 1. The molecule has 0 unspecified atom stereocenters. The topological polar surface area (TPSA) is 97.7 Å². The Labute approximate surface area is 218 Å². The molecule has 0 aromatic heterocycles. The van der Waals surface area contributed by atoms with Gasteiger partial charge in [-0.15, -0.1) is 0 Å². The fourth-order valence-corrected chi connectivity index (χ4v) is 3.99. The number of rotatable bonds is 9. The monoisotopic (exact) mass is 548 g/mol. The summed E-state index contributed by atoms with van der Waals surface area (Å²) in [5.41, 5.74) is 2.98. The molecule has 184 valence electrons. The smallest absolute Gasteiger partial charge is 0.339 e. The van der Waals surface area contributed by atoms with Gasteiger partial charge < -0.3 is 19.5 Å². The van der Waals surface area contributed by atoms with E-state index in [2.05, 4.69) is 21.2 Å². The molecule has 0 radical (unpaired) electrons. The number of para-hydroxylation sites is 1. The average Bonchev–Trinajstić information content (AvgIpc) is 2.86. The van der Waals surface area contributed by atoms with Gasteiger partial charge in [0.15, 0.2) is 11.5 Å². The molecule has 1 amide bonds. The predicted octanol–water partition coefficient (Wildman–Crippen LogP) is 6.07. The first-order valence-corrected chi connectivity index (χ1v) is 11.9. The molecule has 0 fully saturated rings. The van der Waals surface area contributed by atoms with Crippen LogP contribution in [0.4, 0.5) is 5.69 Å². The van der Waals surface area contributed by atoms with Crippen LogP contribution in [0.2, 0.25) is 0 Å². The van der Waals surface area contributed by atoms with Crippen LogP contribution in [0.5, 0.6) is 11.5 Å². The van der Waals surface area contributed by atoms with Crippen LogP contribution in [0.1, 0.15) is 34.0 Å². The minimum atomic E-state index is -0.664. The quantitative estimate of drug-likeness (QED) is 0.198. The van der Waals surface area contributed by atoms with Gasteiger partial charge in [0, 0.05) is 0 Å². The highest BCUT2D eigenvalue weighted by molar-refractivity contribution is 9.10. The SMILES string of the molecule is CCOc1cc(/C=C(\C#N)C(=O)Nc2ccccc2C(=O)OC)cc(Br)c1OCc1cccc(C)c1. The molecule has 3 aromatic rings. The van der Waals surface area contributed by atoms with E-state index in [-0.39, 0.29) is 16.8 Å². The van der Waals surface area contributed by atoms with Gasteiger partial charge in [-0.3, -0.25) is 4.79 Å². The van der Waals surface area contributed by atoms with Crippen molar-refractivity contribution in [2.24, 2.45) is 0 Å². The molecule has 0 aliphatic heterocycles. The van der Waals surface area contributed by atoms with Crippen LogP contribution in [-0.4, -0.2) is 25.6 Å². The third-order valence-corrected chi connectivity index (χ3v) is 5.64. The summed E-state index contributed by atoms with van der Waals surface area (Å²) in [6.45, 7) is 4.62. The minimum Gasteiger partial charge on any atom is -0.490 e. The molecule has 0 spiro atoms. The van der Waals surface area contributed by atoms with Crippen molar-refractivity contribution in [2.45, 2.75) is 20.5 Å². The standard InChI is InChI=1S/C28H25BrN2O5/c1-4-35-25-15-20(14-23(29)26(25)36-17-19-9-7-8-18(2)12-19)13-21(16-30)27(32)31-24-11-6-5-10-22(24)28(33)34-3/h5-15H,4,17H2,1-3H3,(H,31,32)/b21-13+. The van der Waals surface area contributed by atoms with Crippen LogP contribution in [-0.2, 0) is 16.1 Å². The molecule has 0 atom stereocenters. The first-order valence-electron chi connectivity index (χ1n) is 11.1. The Bertz CT molecular complexity index is 1340. The Balaban J connectivity index is 1.87. The van der Waals surface area contributed by atoms with Crippen LogP contribution in [0, 0.1) is 18.3 Å². The molecular formula is C28H25BrN2O5. The second-order valence-corrected chi connectivity index (χ2v) is 8.56. The number of nitrogens with one attached hydrogen (secondary N) is 1. The number of amides is 1. The van der Waals surface area contributed by atoms with Crippen molar-refractivity contribution in [1.82, 2.24) is 0 Å². The Hall–Kier alpha value is -4.09. The summed E-state index contributed by atoms with van der Waals surface area (Å²) < 4.78 is 17.2. The van der Waals surface area contributed by atoms with Gasteiger partial charge in [0.25, 0.3) is 5.91 Å². The first-order chi connectivity index (χ1) is 17.4. The summed E-state index contributed by atoms with van der Waals surface area (Å²) in [6.07, 6.45) is 1.44. The maximum atomic E-state index is 12.8. The molecule has 0 bridgehead atoms. The number of benzene rings is 3. The average molecular weight is 549 g/mol. The van der Waals surface area contributed by atoms with Gasteiger partial charge in [-0.05, 0) is 71.2 Å². The highest BCUT2D eigenvalue weighted by Crippen LogP contribution is 2.38. The molecule has 0 saturated heterocycles. The molecular weight excluding hydrogens is 524 g/mol. The number of esters is 1. The summed E-state index contributed by atoms with van der Waals surface area (Å²) in [4.78, 5) is 24.8. The van der Waals surface area contributed by atoms with Crippen LogP contribution >= 0.6 is 15.9 Å². The Morgan fingerprint density at radius 2 is 1.86 bits per heavy atom. The Morgan fingerprint density at radius 1 is 1.08 bits per heavy atom. The highest BCUT2D eigenvalue weighted by Gasteiger charge is 2.17. The van der Waals surface area contributed by atoms with Gasteiger partial charge in [0.2, 0.25) is 0 Å². The molecule has 1 N–H and O–H groups in total. The van der Waals surface area contributed by atoms with E-state index in [4.69, 9.17) is 14.2 Å². The number of anilines is 1. The second kappa shape index (κ2) is 12.6. The van der Waals surface area contributed by atoms with Crippen LogP contribution in [0.25, 0.3) is 6.08 Å². The van der Waals surface area contributed by atoms with Gasteiger partial charge in [0.1, 0.15) is 18.2 Å².